The molecule has 2 N–H and O–H groups in total. The Balaban J connectivity index is 2.04. The Morgan fingerprint density at radius 2 is 1.96 bits per heavy atom. The number of halogens is 2. The van der Waals surface area contributed by atoms with Gasteiger partial charge in [0.1, 0.15) is 0 Å². The summed E-state index contributed by atoms with van der Waals surface area (Å²) in [5.41, 5.74) is 0.170. The SMILES string of the molecule is CC(C)CN(C)S(=O)(=O)C1SC=C(NC(=O)Nc2cccc(Cl)c2Cl)C1=O. The molecule has 0 aromatic heterocycles. The molecule has 1 aliphatic heterocycles. The van der Waals surface area contributed by atoms with E-state index < -0.39 is 26.4 Å². The number of sulfonamides is 1. The van der Waals surface area contributed by atoms with Gasteiger partial charge in [-0.05, 0) is 18.1 Å². The van der Waals surface area contributed by atoms with Gasteiger partial charge in [0.2, 0.25) is 15.8 Å². The first kappa shape index (κ1) is 22.0. The van der Waals surface area contributed by atoms with Crippen LogP contribution in [0.15, 0.2) is 29.3 Å². The van der Waals surface area contributed by atoms with Crippen molar-refractivity contribution in [1.29, 1.82) is 0 Å². The Morgan fingerprint density at radius 1 is 1.30 bits per heavy atom. The second kappa shape index (κ2) is 8.83. The number of rotatable bonds is 6. The average molecular weight is 452 g/mol. The van der Waals surface area contributed by atoms with Gasteiger partial charge in [-0.3, -0.25) is 4.79 Å². The van der Waals surface area contributed by atoms with Crippen molar-refractivity contribution in [3.05, 3.63) is 39.3 Å². The van der Waals surface area contributed by atoms with Gasteiger partial charge < -0.3 is 10.6 Å². The van der Waals surface area contributed by atoms with Crippen LogP contribution in [0.1, 0.15) is 13.8 Å². The second-order valence-electron chi connectivity index (χ2n) is 6.26. The van der Waals surface area contributed by atoms with E-state index in [0.717, 1.165) is 16.1 Å². The summed E-state index contributed by atoms with van der Waals surface area (Å²) in [6.45, 7) is 4.06. The van der Waals surface area contributed by atoms with Crippen LogP contribution in [0.2, 0.25) is 10.0 Å². The number of anilines is 1. The van der Waals surface area contributed by atoms with Crippen LogP contribution in [0.4, 0.5) is 10.5 Å². The molecular formula is C16H19Cl2N3O4S2. The maximum atomic E-state index is 12.6. The van der Waals surface area contributed by atoms with Crippen molar-refractivity contribution in [3.63, 3.8) is 0 Å². The number of hydrogen-bond donors (Lipinski definition) is 2. The molecule has 0 fully saturated rings. The predicted molar refractivity (Wildman–Crippen MR) is 109 cm³/mol. The summed E-state index contributed by atoms with van der Waals surface area (Å²) in [7, 11) is -2.41. The zero-order valence-corrected chi connectivity index (χ0v) is 18.0. The van der Waals surface area contributed by atoms with Gasteiger partial charge in [-0.1, -0.05) is 43.1 Å². The zero-order valence-electron chi connectivity index (χ0n) is 14.8. The molecule has 11 heteroatoms. The summed E-state index contributed by atoms with van der Waals surface area (Å²) in [5, 5.41) is 6.58. The Morgan fingerprint density at radius 3 is 2.59 bits per heavy atom. The fourth-order valence-corrected chi connectivity index (χ4v) is 5.76. The Labute approximate surface area is 172 Å². The number of allylic oxidation sites excluding steroid dienone is 1. The molecule has 0 radical (unpaired) electrons. The molecule has 2 rings (SSSR count). The fourth-order valence-electron chi connectivity index (χ4n) is 2.33. The molecule has 1 unspecified atom stereocenters. The number of Topliss-reactive ketones (excluding diaryl/α,β-unsaturated/α-hetero) is 1. The van der Waals surface area contributed by atoms with E-state index in [1.54, 1.807) is 18.2 Å². The molecular weight excluding hydrogens is 433 g/mol. The second-order valence-corrected chi connectivity index (χ2v) is 10.5. The number of benzene rings is 1. The highest BCUT2D eigenvalue weighted by molar-refractivity contribution is 8.16. The summed E-state index contributed by atoms with van der Waals surface area (Å²) in [4.78, 5) is 24.6. The van der Waals surface area contributed by atoms with Crippen LogP contribution in [-0.4, -0.2) is 42.7 Å². The van der Waals surface area contributed by atoms with E-state index in [-0.39, 0.29) is 27.3 Å². The molecule has 1 heterocycles. The molecule has 1 aromatic carbocycles. The maximum Gasteiger partial charge on any atom is 0.323 e. The number of hydrogen-bond acceptors (Lipinski definition) is 5. The van der Waals surface area contributed by atoms with E-state index >= 15 is 0 Å². The molecule has 148 valence electrons. The van der Waals surface area contributed by atoms with E-state index in [9.17, 15) is 18.0 Å². The number of thioether (sulfide) groups is 1. The number of amides is 2. The van der Waals surface area contributed by atoms with Crippen molar-refractivity contribution < 1.29 is 18.0 Å². The number of carbonyl (C=O) groups excluding carboxylic acids is 2. The predicted octanol–water partition coefficient (Wildman–Crippen LogP) is 3.52. The van der Waals surface area contributed by atoms with E-state index in [1.165, 1.54) is 12.5 Å². The summed E-state index contributed by atoms with van der Waals surface area (Å²) in [6.07, 6.45) is 0. The van der Waals surface area contributed by atoms with Crippen molar-refractivity contribution >= 4 is 62.5 Å². The largest absolute Gasteiger partial charge is 0.323 e. The van der Waals surface area contributed by atoms with Crippen LogP contribution >= 0.6 is 35.0 Å². The van der Waals surface area contributed by atoms with Crippen molar-refractivity contribution in [2.24, 2.45) is 5.92 Å². The first-order valence-corrected chi connectivity index (χ1v) is 11.1. The minimum absolute atomic E-state index is 0.0952. The van der Waals surface area contributed by atoms with Gasteiger partial charge in [-0.25, -0.2) is 17.5 Å². The van der Waals surface area contributed by atoms with E-state index in [2.05, 4.69) is 10.6 Å². The highest BCUT2D eigenvalue weighted by Gasteiger charge is 2.41. The highest BCUT2D eigenvalue weighted by atomic mass is 35.5. The molecule has 0 saturated carbocycles. The lowest BCUT2D eigenvalue weighted by Gasteiger charge is -2.22. The molecule has 0 spiro atoms. The number of nitrogens with one attached hydrogen (secondary N) is 2. The molecule has 2 amide bonds. The number of nitrogens with zero attached hydrogens (tertiary/aromatic N) is 1. The van der Waals surface area contributed by atoms with Crippen molar-refractivity contribution in [1.82, 2.24) is 9.62 Å². The van der Waals surface area contributed by atoms with Crippen molar-refractivity contribution in [2.45, 2.75) is 18.4 Å². The van der Waals surface area contributed by atoms with Gasteiger partial charge in [0.15, 0.2) is 4.58 Å². The molecule has 1 aromatic rings. The third-order valence-electron chi connectivity index (χ3n) is 3.56. The van der Waals surface area contributed by atoms with Gasteiger partial charge in [0.25, 0.3) is 0 Å². The lowest BCUT2D eigenvalue weighted by Crippen LogP contribution is -2.41. The summed E-state index contributed by atoms with van der Waals surface area (Å²) in [6, 6.07) is 3.98. The standard InChI is InChI=1S/C16H19Cl2N3O4S2/c1-9(2)7-21(3)27(24,25)15-14(22)12(8-26-15)20-16(23)19-11-6-4-5-10(17)13(11)18/h4-6,8-9,15H,7H2,1-3H3,(H2,19,20,23). The van der Waals surface area contributed by atoms with Crippen LogP contribution in [0.25, 0.3) is 0 Å². The first-order chi connectivity index (χ1) is 12.5. The molecule has 1 aliphatic rings. The summed E-state index contributed by atoms with van der Waals surface area (Å²) < 4.78 is 25.0. The van der Waals surface area contributed by atoms with Crippen LogP contribution in [-0.2, 0) is 14.8 Å². The summed E-state index contributed by atoms with van der Waals surface area (Å²) >= 11 is 12.7. The lowest BCUT2D eigenvalue weighted by atomic mass is 10.2. The number of carbonyl (C=O) groups is 2. The zero-order chi connectivity index (χ0) is 20.4. The number of ketones is 1. The third-order valence-corrected chi connectivity index (χ3v) is 8.05. The first-order valence-electron chi connectivity index (χ1n) is 7.91. The van der Waals surface area contributed by atoms with Gasteiger partial charge in [-0.2, -0.15) is 0 Å². The molecule has 0 saturated heterocycles. The van der Waals surface area contributed by atoms with Crippen molar-refractivity contribution in [3.8, 4) is 0 Å². The van der Waals surface area contributed by atoms with E-state index in [1.807, 2.05) is 13.8 Å². The maximum absolute atomic E-state index is 12.6. The van der Waals surface area contributed by atoms with Crippen LogP contribution in [0, 0.1) is 5.92 Å². The Hall–Kier alpha value is -1.26. The van der Waals surface area contributed by atoms with Crippen LogP contribution in [0.5, 0.6) is 0 Å². The quantitative estimate of drug-likeness (QED) is 0.689. The smallest absolute Gasteiger partial charge is 0.306 e. The third kappa shape index (κ3) is 5.17. The normalized spacial score (nSPS) is 17.4. The van der Waals surface area contributed by atoms with Gasteiger partial charge in [0.05, 0.1) is 21.4 Å². The van der Waals surface area contributed by atoms with Crippen LogP contribution in [0.3, 0.4) is 0 Å². The molecule has 27 heavy (non-hydrogen) atoms. The minimum Gasteiger partial charge on any atom is -0.306 e. The van der Waals surface area contributed by atoms with E-state index in [0.29, 0.717) is 6.54 Å². The minimum atomic E-state index is -3.84. The number of urea groups is 1. The molecule has 7 nitrogen and oxygen atoms in total. The van der Waals surface area contributed by atoms with E-state index in [4.69, 9.17) is 23.2 Å². The van der Waals surface area contributed by atoms with Crippen LogP contribution < -0.4 is 10.6 Å². The van der Waals surface area contributed by atoms with Gasteiger partial charge in [-0.15, -0.1) is 11.8 Å². The summed E-state index contributed by atoms with van der Waals surface area (Å²) in [5.74, 6) is -0.562. The molecule has 0 aliphatic carbocycles. The Bertz CT molecular complexity index is 888. The molecule has 0 bridgehead atoms. The van der Waals surface area contributed by atoms with Gasteiger partial charge in [0, 0.05) is 19.0 Å². The monoisotopic (exact) mass is 451 g/mol. The highest BCUT2D eigenvalue weighted by Crippen LogP contribution is 2.32. The van der Waals surface area contributed by atoms with Gasteiger partial charge >= 0.3 is 6.03 Å². The Kier molecular flexibility index (Phi) is 7.20. The molecule has 1 atom stereocenters. The fraction of sp³-hybridized carbons (Fsp3) is 0.375. The lowest BCUT2D eigenvalue weighted by molar-refractivity contribution is -0.114. The van der Waals surface area contributed by atoms with Crippen molar-refractivity contribution in [2.75, 3.05) is 18.9 Å². The topological polar surface area (TPSA) is 95.6 Å². The average Bonchev–Trinajstić information content (AvgIpc) is 2.92.